The highest BCUT2D eigenvalue weighted by molar-refractivity contribution is 7.80. The maximum Gasteiger partial charge on any atom is 0.166 e. The molecule has 0 bridgehead atoms. The van der Waals surface area contributed by atoms with E-state index in [1.54, 1.807) is 0 Å². The Bertz CT molecular complexity index is 466. The molecule has 0 spiro atoms. The topological polar surface area (TPSA) is 36.1 Å². The Hall–Kier alpha value is -1.13. The van der Waals surface area contributed by atoms with Gasteiger partial charge >= 0.3 is 0 Å². The van der Waals surface area contributed by atoms with Crippen molar-refractivity contribution >= 4 is 17.3 Å². The number of hydrogen-bond donors (Lipinski definition) is 3. The maximum atomic E-state index is 5.44. The molecule has 116 valence electrons. The van der Waals surface area contributed by atoms with E-state index in [2.05, 4.69) is 55.8 Å². The molecule has 1 aliphatic rings. The lowest BCUT2D eigenvalue weighted by molar-refractivity contribution is 0.155. The van der Waals surface area contributed by atoms with Crippen LogP contribution in [0.15, 0.2) is 30.3 Å². The second-order valence-electron chi connectivity index (χ2n) is 7.31. The van der Waals surface area contributed by atoms with E-state index in [4.69, 9.17) is 12.2 Å². The van der Waals surface area contributed by atoms with Crippen LogP contribution in [0.1, 0.15) is 46.1 Å². The Kier molecular flexibility index (Phi) is 4.89. The van der Waals surface area contributed by atoms with Crippen LogP contribution >= 0.6 is 12.2 Å². The van der Waals surface area contributed by atoms with Gasteiger partial charge in [0.1, 0.15) is 0 Å². The highest BCUT2D eigenvalue weighted by Gasteiger charge is 2.37. The lowest BCUT2D eigenvalue weighted by atomic mass is 9.80. The Morgan fingerprint density at radius 1 is 1.14 bits per heavy atom. The van der Waals surface area contributed by atoms with Gasteiger partial charge in [0.15, 0.2) is 5.11 Å². The number of benzene rings is 1. The third-order valence-electron chi connectivity index (χ3n) is 3.82. The molecule has 3 N–H and O–H groups in total. The van der Waals surface area contributed by atoms with Gasteiger partial charge in [-0.25, -0.2) is 0 Å². The maximum absolute atomic E-state index is 5.44. The molecule has 1 aromatic rings. The van der Waals surface area contributed by atoms with Gasteiger partial charge in [0.25, 0.3) is 0 Å². The van der Waals surface area contributed by atoms with Crippen molar-refractivity contribution in [2.24, 2.45) is 0 Å². The van der Waals surface area contributed by atoms with Crippen molar-refractivity contribution in [3.63, 3.8) is 0 Å². The average molecular weight is 305 g/mol. The molecular formula is C17H27N3S. The first-order valence-corrected chi connectivity index (χ1v) is 8.04. The predicted octanol–water partition coefficient (Wildman–Crippen LogP) is 2.96. The molecule has 1 aromatic carbocycles. The van der Waals surface area contributed by atoms with Gasteiger partial charge in [-0.1, -0.05) is 30.3 Å². The number of thiocarbonyl (C=S) groups is 1. The van der Waals surface area contributed by atoms with Gasteiger partial charge in [-0.3, -0.25) is 0 Å². The third kappa shape index (κ3) is 5.29. The third-order valence-corrected chi connectivity index (χ3v) is 4.08. The van der Waals surface area contributed by atoms with Crippen LogP contribution in [0.4, 0.5) is 0 Å². The number of hydrogen-bond acceptors (Lipinski definition) is 2. The van der Waals surface area contributed by atoms with E-state index in [-0.39, 0.29) is 11.1 Å². The second-order valence-corrected chi connectivity index (χ2v) is 7.72. The van der Waals surface area contributed by atoms with Crippen LogP contribution in [-0.4, -0.2) is 22.2 Å². The van der Waals surface area contributed by atoms with E-state index in [1.807, 2.05) is 18.2 Å². The fraction of sp³-hybridized carbons (Fsp3) is 0.588. The Balaban J connectivity index is 1.85. The summed E-state index contributed by atoms with van der Waals surface area (Å²) in [5, 5.41) is 11.2. The smallest absolute Gasteiger partial charge is 0.166 e. The van der Waals surface area contributed by atoms with E-state index >= 15 is 0 Å². The summed E-state index contributed by atoms with van der Waals surface area (Å²) in [7, 11) is 0. The first-order chi connectivity index (χ1) is 9.76. The molecule has 21 heavy (non-hydrogen) atoms. The highest BCUT2D eigenvalue weighted by Crippen LogP contribution is 2.28. The van der Waals surface area contributed by atoms with E-state index in [1.165, 1.54) is 5.56 Å². The van der Waals surface area contributed by atoms with E-state index in [0.29, 0.717) is 6.04 Å². The van der Waals surface area contributed by atoms with Crippen molar-refractivity contribution in [2.45, 2.75) is 64.2 Å². The van der Waals surface area contributed by atoms with Gasteiger partial charge in [0, 0.05) is 23.7 Å². The minimum absolute atomic E-state index is 0.133. The zero-order valence-electron chi connectivity index (χ0n) is 13.5. The SMILES string of the molecule is CC1(C)CC(NC(=S)NCc2ccccc2)CC(C)(C)N1. The predicted molar refractivity (Wildman–Crippen MR) is 93.3 cm³/mol. The molecule has 0 unspecified atom stereocenters. The lowest BCUT2D eigenvalue weighted by Crippen LogP contribution is -2.62. The van der Waals surface area contributed by atoms with Gasteiger partial charge < -0.3 is 16.0 Å². The van der Waals surface area contributed by atoms with Crippen molar-refractivity contribution in [3.05, 3.63) is 35.9 Å². The summed E-state index contributed by atoms with van der Waals surface area (Å²) in [4.78, 5) is 0. The molecule has 1 fully saturated rings. The summed E-state index contributed by atoms with van der Waals surface area (Å²) in [5.74, 6) is 0. The molecule has 2 rings (SSSR count). The average Bonchev–Trinajstić information content (AvgIpc) is 2.33. The number of nitrogens with one attached hydrogen (secondary N) is 3. The van der Waals surface area contributed by atoms with Crippen molar-refractivity contribution < 1.29 is 0 Å². The summed E-state index contributed by atoms with van der Waals surface area (Å²) in [5.41, 5.74) is 1.51. The quantitative estimate of drug-likeness (QED) is 0.751. The zero-order valence-corrected chi connectivity index (χ0v) is 14.3. The first-order valence-electron chi connectivity index (χ1n) is 7.63. The highest BCUT2D eigenvalue weighted by atomic mass is 32.1. The molecular weight excluding hydrogens is 278 g/mol. The molecule has 4 heteroatoms. The van der Waals surface area contributed by atoms with E-state index in [0.717, 1.165) is 24.5 Å². The normalized spacial score (nSPS) is 20.8. The monoisotopic (exact) mass is 305 g/mol. The van der Waals surface area contributed by atoms with Gasteiger partial charge in [-0.2, -0.15) is 0 Å². The van der Waals surface area contributed by atoms with Crippen LogP contribution < -0.4 is 16.0 Å². The lowest BCUT2D eigenvalue weighted by Gasteiger charge is -2.46. The number of piperidine rings is 1. The molecule has 0 amide bonds. The van der Waals surface area contributed by atoms with Gasteiger partial charge in [-0.15, -0.1) is 0 Å². The zero-order chi connectivity index (χ0) is 15.5. The molecule has 1 saturated heterocycles. The summed E-state index contributed by atoms with van der Waals surface area (Å²) in [6.07, 6.45) is 2.15. The minimum Gasteiger partial charge on any atom is -0.360 e. The van der Waals surface area contributed by atoms with Crippen molar-refractivity contribution in [1.82, 2.24) is 16.0 Å². The van der Waals surface area contributed by atoms with Crippen LogP contribution in [0.3, 0.4) is 0 Å². The summed E-state index contributed by atoms with van der Waals surface area (Å²) < 4.78 is 0. The molecule has 0 atom stereocenters. The van der Waals surface area contributed by atoms with E-state index in [9.17, 15) is 0 Å². The van der Waals surface area contributed by atoms with Gasteiger partial charge in [0.05, 0.1) is 0 Å². The fourth-order valence-corrected chi connectivity index (χ4v) is 3.68. The summed E-state index contributed by atoms with van der Waals surface area (Å²) in [6.45, 7) is 9.78. The number of rotatable bonds is 3. The molecule has 0 radical (unpaired) electrons. The standard InChI is InChI=1S/C17H27N3S/c1-16(2)10-14(11-17(3,4)20-16)19-15(21)18-12-13-8-6-5-7-9-13/h5-9,14,20H,10-12H2,1-4H3,(H2,18,19,21). The van der Waals surface area contributed by atoms with Crippen LogP contribution in [0, 0.1) is 0 Å². The van der Waals surface area contributed by atoms with E-state index < -0.39 is 0 Å². The Morgan fingerprint density at radius 3 is 2.29 bits per heavy atom. The summed E-state index contributed by atoms with van der Waals surface area (Å²) in [6, 6.07) is 10.7. The molecule has 3 nitrogen and oxygen atoms in total. The molecule has 0 saturated carbocycles. The van der Waals surface area contributed by atoms with Gasteiger partial charge in [-0.05, 0) is 58.3 Å². The first kappa shape index (κ1) is 16.2. The van der Waals surface area contributed by atoms with Crippen LogP contribution in [0.2, 0.25) is 0 Å². The summed E-state index contributed by atoms with van der Waals surface area (Å²) >= 11 is 5.44. The van der Waals surface area contributed by atoms with Crippen LogP contribution in [-0.2, 0) is 6.54 Å². The minimum atomic E-state index is 0.133. The Morgan fingerprint density at radius 2 is 1.71 bits per heavy atom. The molecule has 0 aliphatic carbocycles. The molecule has 1 aliphatic heterocycles. The second kappa shape index (κ2) is 6.32. The van der Waals surface area contributed by atoms with Gasteiger partial charge in [0.2, 0.25) is 0 Å². The van der Waals surface area contributed by atoms with Crippen molar-refractivity contribution in [2.75, 3.05) is 0 Å². The van der Waals surface area contributed by atoms with Crippen molar-refractivity contribution in [3.8, 4) is 0 Å². The van der Waals surface area contributed by atoms with Crippen LogP contribution in [0.25, 0.3) is 0 Å². The fourth-order valence-electron chi connectivity index (χ4n) is 3.44. The molecule has 0 aromatic heterocycles. The molecule has 1 heterocycles. The van der Waals surface area contributed by atoms with Crippen molar-refractivity contribution in [1.29, 1.82) is 0 Å². The Labute approximate surface area is 133 Å². The van der Waals surface area contributed by atoms with Crippen LogP contribution in [0.5, 0.6) is 0 Å². The largest absolute Gasteiger partial charge is 0.360 e.